The Labute approximate surface area is 137 Å². The predicted octanol–water partition coefficient (Wildman–Crippen LogP) is 5.34. The van der Waals surface area contributed by atoms with E-state index in [0.717, 1.165) is 17.1 Å². The number of fused-ring (bicyclic) bond motifs is 1. The van der Waals surface area contributed by atoms with Crippen LogP contribution in [-0.4, -0.2) is 13.2 Å². The lowest BCUT2D eigenvalue weighted by molar-refractivity contribution is 0.731. The van der Waals surface area contributed by atoms with Crippen LogP contribution in [-0.2, 0) is 0 Å². The molecule has 2 aromatic rings. The van der Waals surface area contributed by atoms with Crippen molar-refractivity contribution in [2.24, 2.45) is 0 Å². The van der Waals surface area contributed by atoms with E-state index < -0.39 is 0 Å². The van der Waals surface area contributed by atoms with Gasteiger partial charge in [-0.3, -0.25) is 4.85 Å². The largest absolute Gasteiger partial charge is 0.354 e. The number of benzene rings is 2. The normalized spacial score (nSPS) is 16.0. The summed E-state index contributed by atoms with van der Waals surface area (Å²) < 4.78 is 0. The van der Waals surface area contributed by atoms with Gasteiger partial charge in [0.25, 0.3) is 0 Å². The third-order valence-corrected chi connectivity index (χ3v) is 4.58. The monoisotopic (exact) mass is 302 g/mol. The number of nitrogens with zero attached hydrogens (tertiary/aromatic N) is 4. The molecule has 1 heterocycles. The maximum Gasteiger partial charge on any atom is 0.219 e. The highest BCUT2D eigenvalue weighted by Gasteiger charge is 2.35. The summed E-state index contributed by atoms with van der Waals surface area (Å²) in [6.07, 6.45) is 0.0892. The van der Waals surface area contributed by atoms with E-state index in [-0.39, 0.29) is 6.17 Å². The van der Waals surface area contributed by atoms with E-state index in [0.29, 0.717) is 11.4 Å². The van der Waals surface area contributed by atoms with E-state index in [2.05, 4.69) is 52.4 Å². The van der Waals surface area contributed by atoms with Crippen molar-refractivity contribution in [1.82, 2.24) is 0 Å². The maximum absolute atomic E-state index is 7.58. The van der Waals surface area contributed by atoms with Crippen molar-refractivity contribution in [2.45, 2.75) is 26.9 Å². The van der Waals surface area contributed by atoms with Gasteiger partial charge in [-0.15, -0.1) is 0 Å². The quantitative estimate of drug-likeness (QED) is 0.661. The lowest BCUT2D eigenvalue weighted by atomic mass is 10.1. The number of rotatable bonds is 1. The SMILES string of the molecule is [C-]#[N+]c1ccc2c(c1[N+]#[C-])N(c1c(C)cccc1C)[C@@H](C)N2C. The third-order valence-electron chi connectivity index (χ3n) is 4.58. The van der Waals surface area contributed by atoms with E-state index in [1.807, 2.05) is 19.2 Å². The first kappa shape index (κ1) is 14.9. The van der Waals surface area contributed by atoms with Gasteiger partial charge in [0, 0.05) is 18.4 Å². The van der Waals surface area contributed by atoms with Crippen LogP contribution < -0.4 is 9.80 Å². The van der Waals surface area contributed by atoms with E-state index >= 15 is 0 Å². The molecule has 0 amide bonds. The average molecular weight is 302 g/mol. The summed E-state index contributed by atoms with van der Waals surface area (Å²) in [5.41, 5.74) is 6.16. The molecule has 2 aromatic carbocycles. The first-order valence-electron chi connectivity index (χ1n) is 7.51. The van der Waals surface area contributed by atoms with Gasteiger partial charge < -0.3 is 9.80 Å². The molecule has 1 aliphatic heterocycles. The van der Waals surface area contributed by atoms with Crippen molar-refractivity contribution in [3.63, 3.8) is 0 Å². The Bertz CT molecular complexity index is 850. The van der Waals surface area contributed by atoms with Gasteiger partial charge in [0.05, 0.1) is 18.8 Å². The summed E-state index contributed by atoms with van der Waals surface area (Å²) in [5, 5.41) is 0. The number of aryl methyl sites for hydroxylation is 2. The van der Waals surface area contributed by atoms with Crippen molar-refractivity contribution in [3.8, 4) is 0 Å². The second kappa shape index (κ2) is 5.34. The highest BCUT2D eigenvalue weighted by Crippen LogP contribution is 2.53. The minimum absolute atomic E-state index is 0.0892. The zero-order chi connectivity index (χ0) is 16.7. The minimum atomic E-state index is 0.0892. The summed E-state index contributed by atoms with van der Waals surface area (Å²) in [6, 6.07) is 9.91. The molecule has 0 radical (unpaired) electrons. The van der Waals surface area contributed by atoms with Gasteiger partial charge in [0.1, 0.15) is 6.17 Å². The molecule has 0 aliphatic carbocycles. The van der Waals surface area contributed by atoms with Gasteiger partial charge in [0.2, 0.25) is 5.69 Å². The Kier molecular flexibility index (Phi) is 3.47. The van der Waals surface area contributed by atoms with Crippen LogP contribution in [0.1, 0.15) is 18.1 Å². The predicted molar refractivity (Wildman–Crippen MR) is 94.9 cm³/mol. The highest BCUT2D eigenvalue weighted by atomic mass is 15.4. The Balaban J connectivity index is 2.36. The molecule has 0 saturated carbocycles. The molecule has 4 nitrogen and oxygen atoms in total. The lowest BCUT2D eigenvalue weighted by Gasteiger charge is -2.31. The van der Waals surface area contributed by atoms with E-state index in [1.54, 1.807) is 6.07 Å². The standard InChI is InChI=1S/C19H18N4/c1-12-8-7-9-13(2)18(12)23-14(3)22(6)16-11-10-15(20-4)17(21-5)19(16)23/h7-11,14H,1-3,6H3/t14-/m0/s1. The number of hydrogen-bond acceptors (Lipinski definition) is 2. The smallest absolute Gasteiger partial charge is 0.219 e. The van der Waals surface area contributed by atoms with Crippen LogP contribution in [0, 0.1) is 27.0 Å². The maximum atomic E-state index is 7.58. The molecule has 23 heavy (non-hydrogen) atoms. The summed E-state index contributed by atoms with van der Waals surface area (Å²) in [6.45, 7) is 21.2. The van der Waals surface area contributed by atoms with Crippen molar-refractivity contribution in [1.29, 1.82) is 0 Å². The Morgan fingerprint density at radius 3 is 2.17 bits per heavy atom. The third kappa shape index (κ3) is 2.04. The first-order valence-corrected chi connectivity index (χ1v) is 7.51. The zero-order valence-corrected chi connectivity index (χ0v) is 13.8. The van der Waals surface area contributed by atoms with Crippen LogP contribution in [0.25, 0.3) is 9.69 Å². The number of hydrogen-bond donors (Lipinski definition) is 0. The molecule has 0 saturated heterocycles. The molecule has 114 valence electrons. The number of para-hydroxylation sites is 1. The van der Waals surface area contributed by atoms with Gasteiger partial charge in [-0.05, 0) is 38.0 Å². The van der Waals surface area contributed by atoms with Crippen LogP contribution in [0.2, 0.25) is 0 Å². The summed E-state index contributed by atoms with van der Waals surface area (Å²) in [5.74, 6) is 0. The summed E-state index contributed by atoms with van der Waals surface area (Å²) in [7, 11) is 2.03. The highest BCUT2D eigenvalue weighted by molar-refractivity contribution is 5.99. The topological polar surface area (TPSA) is 15.2 Å². The van der Waals surface area contributed by atoms with Gasteiger partial charge in [-0.1, -0.05) is 24.3 Å². The molecule has 3 rings (SSSR count). The van der Waals surface area contributed by atoms with E-state index in [4.69, 9.17) is 13.1 Å². The van der Waals surface area contributed by atoms with Gasteiger partial charge in [0.15, 0.2) is 5.69 Å². The van der Waals surface area contributed by atoms with Crippen LogP contribution >= 0.6 is 0 Å². The average Bonchev–Trinajstić information content (AvgIpc) is 2.79. The van der Waals surface area contributed by atoms with Crippen LogP contribution in [0.4, 0.5) is 28.4 Å². The van der Waals surface area contributed by atoms with Crippen LogP contribution in [0.5, 0.6) is 0 Å². The molecule has 1 atom stereocenters. The molecule has 4 heteroatoms. The fourth-order valence-electron chi connectivity index (χ4n) is 3.33. The molecule has 0 aromatic heterocycles. The Morgan fingerprint density at radius 2 is 1.61 bits per heavy atom. The van der Waals surface area contributed by atoms with Crippen LogP contribution in [0.15, 0.2) is 30.3 Å². The van der Waals surface area contributed by atoms with Crippen molar-refractivity contribution < 1.29 is 0 Å². The molecule has 1 aliphatic rings. The van der Waals surface area contributed by atoms with E-state index in [1.165, 1.54) is 11.1 Å². The van der Waals surface area contributed by atoms with Gasteiger partial charge in [-0.2, -0.15) is 0 Å². The second-order valence-corrected chi connectivity index (χ2v) is 5.88. The molecule has 0 fully saturated rings. The van der Waals surface area contributed by atoms with E-state index in [9.17, 15) is 0 Å². The Hall–Kier alpha value is -2.98. The molecule has 0 spiro atoms. The molecular weight excluding hydrogens is 284 g/mol. The zero-order valence-electron chi connectivity index (χ0n) is 13.8. The molecule has 0 unspecified atom stereocenters. The summed E-state index contributed by atoms with van der Waals surface area (Å²) in [4.78, 5) is 11.6. The first-order chi connectivity index (χ1) is 11.0. The number of anilines is 3. The van der Waals surface area contributed by atoms with Crippen molar-refractivity contribution in [3.05, 3.63) is 64.3 Å². The lowest BCUT2D eigenvalue weighted by Crippen LogP contribution is -2.36. The van der Waals surface area contributed by atoms with Crippen LogP contribution in [0.3, 0.4) is 0 Å². The van der Waals surface area contributed by atoms with Crippen molar-refractivity contribution in [2.75, 3.05) is 16.8 Å². The fourth-order valence-corrected chi connectivity index (χ4v) is 3.33. The summed E-state index contributed by atoms with van der Waals surface area (Å²) >= 11 is 0. The van der Waals surface area contributed by atoms with Gasteiger partial charge in [-0.25, -0.2) is 4.85 Å². The van der Waals surface area contributed by atoms with Gasteiger partial charge >= 0.3 is 0 Å². The fraction of sp³-hybridized carbons (Fsp3) is 0.263. The van der Waals surface area contributed by atoms with Crippen molar-refractivity contribution >= 4 is 28.4 Å². The molecule has 0 N–H and O–H groups in total. The second-order valence-electron chi connectivity index (χ2n) is 5.88. The minimum Gasteiger partial charge on any atom is -0.354 e. The molecule has 0 bridgehead atoms. The molecular formula is C19H18N4. The Morgan fingerprint density at radius 1 is 0.957 bits per heavy atom.